The molecule has 0 aliphatic carbocycles. The first-order valence-corrected chi connectivity index (χ1v) is 6.60. The molecule has 2 amide bonds. The van der Waals surface area contributed by atoms with Crippen molar-refractivity contribution in [2.75, 3.05) is 26.2 Å². The van der Waals surface area contributed by atoms with Gasteiger partial charge < -0.3 is 15.0 Å². The maximum atomic E-state index is 11.9. The molecule has 0 radical (unpaired) electrons. The number of amides is 2. The van der Waals surface area contributed by atoms with Crippen LogP contribution in [0.1, 0.15) is 11.7 Å². The molecule has 0 spiro atoms. The molecule has 1 aromatic rings. The zero-order valence-corrected chi connectivity index (χ0v) is 11.4. The Morgan fingerprint density at radius 3 is 3.11 bits per heavy atom. The van der Waals surface area contributed by atoms with Crippen LogP contribution in [0.4, 0.5) is 4.79 Å². The molecule has 1 aromatic carbocycles. The Morgan fingerprint density at radius 1 is 1.58 bits per heavy atom. The third-order valence-electron chi connectivity index (χ3n) is 3.00. The van der Waals surface area contributed by atoms with Gasteiger partial charge in [-0.25, -0.2) is 4.79 Å². The number of hydrogen-bond donors (Lipinski definition) is 1. The van der Waals surface area contributed by atoms with Crippen molar-refractivity contribution in [3.8, 4) is 0 Å². The molecule has 1 heterocycles. The highest BCUT2D eigenvalue weighted by Gasteiger charge is 2.26. The second-order valence-electron chi connectivity index (χ2n) is 4.30. The van der Waals surface area contributed by atoms with Crippen molar-refractivity contribution in [1.29, 1.82) is 0 Å². The van der Waals surface area contributed by atoms with Crippen molar-refractivity contribution in [1.82, 2.24) is 10.2 Å². The van der Waals surface area contributed by atoms with Crippen LogP contribution in [0, 0.1) is 0 Å². The van der Waals surface area contributed by atoms with E-state index in [1.165, 1.54) is 0 Å². The van der Waals surface area contributed by atoms with Crippen LogP contribution in [0.25, 0.3) is 0 Å². The van der Waals surface area contributed by atoms with Gasteiger partial charge in [-0.15, -0.1) is 6.58 Å². The fraction of sp³-hybridized carbons (Fsp3) is 0.357. The number of carbonyl (C=O) groups is 1. The lowest BCUT2D eigenvalue weighted by atomic mass is 10.1. The SMILES string of the molecule is C=CCNC(=O)N1CCO[C@@H](c2ccccc2Cl)C1. The second kappa shape index (κ2) is 6.59. The fourth-order valence-corrected chi connectivity index (χ4v) is 2.29. The van der Waals surface area contributed by atoms with E-state index in [4.69, 9.17) is 16.3 Å². The topological polar surface area (TPSA) is 41.6 Å². The van der Waals surface area contributed by atoms with E-state index >= 15 is 0 Å². The summed E-state index contributed by atoms with van der Waals surface area (Å²) in [5.74, 6) is 0. The number of halogens is 1. The van der Waals surface area contributed by atoms with E-state index in [-0.39, 0.29) is 12.1 Å². The van der Waals surface area contributed by atoms with E-state index in [2.05, 4.69) is 11.9 Å². The number of nitrogens with one attached hydrogen (secondary N) is 1. The Hall–Kier alpha value is -1.52. The van der Waals surface area contributed by atoms with Gasteiger partial charge in [-0.1, -0.05) is 35.9 Å². The smallest absolute Gasteiger partial charge is 0.317 e. The monoisotopic (exact) mass is 280 g/mol. The van der Waals surface area contributed by atoms with Gasteiger partial charge in [0.15, 0.2) is 0 Å². The highest BCUT2D eigenvalue weighted by atomic mass is 35.5. The molecule has 1 aliphatic rings. The third-order valence-corrected chi connectivity index (χ3v) is 3.35. The van der Waals surface area contributed by atoms with Crippen LogP contribution in [0.5, 0.6) is 0 Å². The lowest BCUT2D eigenvalue weighted by Crippen LogP contribution is -2.47. The normalized spacial score (nSPS) is 19.0. The summed E-state index contributed by atoms with van der Waals surface area (Å²) in [5, 5.41) is 3.44. The van der Waals surface area contributed by atoms with Gasteiger partial charge in [0.2, 0.25) is 0 Å². The van der Waals surface area contributed by atoms with Gasteiger partial charge in [0.05, 0.1) is 13.2 Å². The lowest BCUT2D eigenvalue weighted by Gasteiger charge is -2.33. The number of urea groups is 1. The van der Waals surface area contributed by atoms with Crippen molar-refractivity contribution in [2.24, 2.45) is 0 Å². The van der Waals surface area contributed by atoms with E-state index < -0.39 is 0 Å². The average Bonchev–Trinajstić information content (AvgIpc) is 2.45. The molecular weight excluding hydrogens is 264 g/mol. The molecule has 5 heteroatoms. The Balaban J connectivity index is 2.03. The van der Waals surface area contributed by atoms with Crippen LogP contribution in [-0.2, 0) is 4.74 Å². The van der Waals surface area contributed by atoms with Crippen molar-refractivity contribution in [2.45, 2.75) is 6.10 Å². The number of benzene rings is 1. The number of nitrogens with zero attached hydrogens (tertiary/aromatic N) is 1. The van der Waals surface area contributed by atoms with Gasteiger partial charge in [0.1, 0.15) is 6.10 Å². The van der Waals surface area contributed by atoms with Crippen LogP contribution in [-0.4, -0.2) is 37.2 Å². The molecule has 1 N–H and O–H groups in total. The summed E-state index contributed by atoms with van der Waals surface area (Å²) in [5.41, 5.74) is 0.922. The Kier molecular flexibility index (Phi) is 4.82. The molecule has 1 fully saturated rings. The number of ether oxygens (including phenoxy) is 1. The maximum Gasteiger partial charge on any atom is 0.317 e. The maximum absolute atomic E-state index is 11.9. The quantitative estimate of drug-likeness (QED) is 0.865. The van der Waals surface area contributed by atoms with Gasteiger partial charge in [0, 0.05) is 23.7 Å². The van der Waals surface area contributed by atoms with Gasteiger partial charge in [-0.05, 0) is 6.07 Å². The lowest BCUT2D eigenvalue weighted by molar-refractivity contribution is -0.0152. The van der Waals surface area contributed by atoms with Crippen LogP contribution in [0.2, 0.25) is 5.02 Å². The Morgan fingerprint density at radius 2 is 2.37 bits per heavy atom. The number of morpholine rings is 1. The molecule has 0 unspecified atom stereocenters. The molecule has 4 nitrogen and oxygen atoms in total. The van der Waals surface area contributed by atoms with Crippen LogP contribution < -0.4 is 5.32 Å². The number of hydrogen-bond acceptors (Lipinski definition) is 2. The van der Waals surface area contributed by atoms with E-state index in [0.717, 1.165) is 5.56 Å². The predicted octanol–water partition coefficient (Wildman–Crippen LogP) is 2.61. The first-order valence-electron chi connectivity index (χ1n) is 6.22. The molecule has 1 atom stereocenters. The largest absolute Gasteiger partial charge is 0.370 e. The zero-order valence-electron chi connectivity index (χ0n) is 10.6. The van der Waals surface area contributed by atoms with Crippen molar-refractivity contribution < 1.29 is 9.53 Å². The van der Waals surface area contributed by atoms with Gasteiger partial charge in [0.25, 0.3) is 0 Å². The van der Waals surface area contributed by atoms with Crippen molar-refractivity contribution in [3.05, 3.63) is 47.5 Å². The Bertz CT molecular complexity index is 465. The first-order chi connectivity index (χ1) is 9.22. The summed E-state index contributed by atoms with van der Waals surface area (Å²) >= 11 is 6.16. The van der Waals surface area contributed by atoms with Crippen LogP contribution in [0.3, 0.4) is 0 Å². The van der Waals surface area contributed by atoms with E-state index in [1.54, 1.807) is 11.0 Å². The summed E-state index contributed by atoms with van der Waals surface area (Å²) in [6.45, 7) is 5.65. The van der Waals surface area contributed by atoms with Gasteiger partial charge >= 0.3 is 6.03 Å². The van der Waals surface area contributed by atoms with Crippen molar-refractivity contribution in [3.63, 3.8) is 0 Å². The standard InChI is InChI=1S/C14H17ClN2O2/c1-2-7-16-14(18)17-8-9-19-13(10-17)11-5-3-4-6-12(11)15/h2-6,13H,1,7-10H2,(H,16,18)/t13-/m1/s1. The predicted molar refractivity (Wildman–Crippen MR) is 75.3 cm³/mol. The molecule has 102 valence electrons. The molecule has 19 heavy (non-hydrogen) atoms. The highest BCUT2D eigenvalue weighted by Crippen LogP contribution is 2.28. The first kappa shape index (κ1) is 13.9. The van der Waals surface area contributed by atoms with Crippen LogP contribution >= 0.6 is 11.6 Å². The van der Waals surface area contributed by atoms with Crippen molar-refractivity contribution >= 4 is 17.6 Å². The summed E-state index contributed by atoms with van der Waals surface area (Å²) in [4.78, 5) is 13.6. The molecule has 1 aliphatic heterocycles. The van der Waals surface area contributed by atoms with E-state index in [0.29, 0.717) is 31.3 Å². The molecular formula is C14H17ClN2O2. The summed E-state index contributed by atoms with van der Waals surface area (Å²) in [6.07, 6.45) is 1.49. The molecule has 2 rings (SSSR count). The molecule has 0 aromatic heterocycles. The summed E-state index contributed by atoms with van der Waals surface area (Å²) in [6, 6.07) is 7.46. The minimum absolute atomic E-state index is 0.0970. The Labute approximate surface area is 118 Å². The zero-order chi connectivity index (χ0) is 13.7. The van der Waals surface area contributed by atoms with Gasteiger partial charge in [-0.2, -0.15) is 0 Å². The molecule has 0 saturated carbocycles. The summed E-state index contributed by atoms with van der Waals surface area (Å²) < 4.78 is 5.70. The number of carbonyl (C=O) groups excluding carboxylic acids is 1. The number of rotatable bonds is 3. The van der Waals surface area contributed by atoms with E-state index in [9.17, 15) is 4.79 Å². The van der Waals surface area contributed by atoms with Crippen LogP contribution in [0.15, 0.2) is 36.9 Å². The fourth-order valence-electron chi connectivity index (χ4n) is 2.03. The third kappa shape index (κ3) is 3.49. The van der Waals surface area contributed by atoms with E-state index in [1.807, 2.05) is 24.3 Å². The second-order valence-corrected chi connectivity index (χ2v) is 4.71. The molecule has 0 bridgehead atoms. The molecule has 1 saturated heterocycles. The average molecular weight is 281 g/mol. The minimum Gasteiger partial charge on any atom is -0.370 e. The van der Waals surface area contributed by atoms with Gasteiger partial charge in [-0.3, -0.25) is 0 Å². The minimum atomic E-state index is -0.170. The summed E-state index contributed by atoms with van der Waals surface area (Å²) in [7, 11) is 0. The highest BCUT2D eigenvalue weighted by molar-refractivity contribution is 6.31.